The summed E-state index contributed by atoms with van der Waals surface area (Å²) in [7, 11) is 0. The highest BCUT2D eigenvalue weighted by molar-refractivity contribution is 5.89. The quantitative estimate of drug-likeness (QED) is 0.781. The number of rotatable bonds is 2. The van der Waals surface area contributed by atoms with Crippen molar-refractivity contribution in [1.29, 1.82) is 0 Å². The van der Waals surface area contributed by atoms with E-state index in [9.17, 15) is 9.90 Å². The molecule has 1 saturated carbocycles. The number of amides is 2. The molecule has 2 rings (SSSR count). The molecule has 1 aromatic rings. The maximum Gasteiger partial charge on any atom is 0.319 e. The molecule has 0 aromatic heterocycles. The Labute approximate surface area is 126 Å². The summed E-state index contributed by atoms with van der Waals surface area (Å²) in [4.78, 5) is 12.0. The maximum absolute atomic E-state index is 12.0. The van der Waals surface area contributed by atoms with Gasteiger partial charge in [0, 0.05) is 11.7 Å². The highest BCUT2D eigenvalue weighted by Gasteiger charge is 2.21. The van der Waals surface area contributed by atoms with E-state index in [4.69, 9.17) is 0 Å². The van der Waals surface area contributed by atoms with Crippen molar-refractivity contribution in [3.05, 3.63) is 29.8 Å². The largest absolute Gasteiger partial charge is 0.393 e. The molecule has 2 atom stereocenters. The zero-order valence-electron chi connectivity index (χ0n) is 13.1. The number of anilines is 1. The summed E-state index contributed by atoms with van der Waals surface area (Å²) in [6, 6.07) is 7.81. The van der Waals surface area contributed by atoms with E-state index in [1.54, 1.807) is 0 Å². The number of aliphatic hydroxyl groups excluding tert-OH is 1. The molecule has 0 aliphatic heterocycles. The summed E-state index contributed by atoms with van der Waals surface area (Å²) < 4.78 is 0. The Morgan fingerprint density at radius 3 is 2.43 bits per heavy atom. The van der Waals surface area contributed by atoms with Crippen LogP contribution in [0.2, 0.25) is 0 Å². The Balaban J connectivity index is 1.87. The lowest BCUT2D eigenvalue weighted by Gasteiger charge is -2.26. The van der Waals surface area contributed by atoms with Gasteiger partial charge in [0.05, 0.1) is 6.10 Å². The van der Waals surface area contributed by atoms with Crippen molar-refractivity contribution in [2.24, 2.45) is 0 Å². The first-order valence-corrected chi connectivity index (χ1v) is 7.71. The molecule has 0 saturated heterocycles. The summed E-state index contributed by atoms with van der Waals surface area (Å²) in [5, 5.41) is 15.4. The van der Waals surface area contributed by atoms with Crippen LogP contribution < -0.4 is 10.6 Å². The van der Waals surface area contributed by atoms with Crippen molar-refractivity contribution in [2.75, 3.05) is 5.32 Å². The van der Waals surface area contributed by atoms with Crippen molar-refractivity contribution in [3.63, 3.8) is 0 Å². The molecule has 0 radical (unpaired) electrons. The minimum absolute atomic E-state index is 0.0719. The standard InChI is InChI=1S/C17H26N2O2/c1-17(2,3)12-7-9-13(10-8-12)18-16(21)19-14-5-4-6-15(20)11-14/h7-10,14-15,20H,4-6,11H2,1-3H3,(H2,18,19,21)/t14-,15-/m0/s1. The molecule has 0 spiro atoms. The van der Waals surface area contributed by atoms with E-state index >= 15 is 0 Å². The van der Waals surface area contributed by atoms with Crippen LogP contribution in [0.1, 0.15) is 52.0 Å². The van der Waals surface area contributed by atoms with Crippen LogP contribution in [-0.4, -0.2) is 23.3 Å². The second kappa shape index (κ2) is 6.48. The summed E-state index contributed by atoms with van der Waals surface area (Å²) in [6.07, 6.45) is 3.11. The Morgan fingerprint density at radius 1 is 1.19 bits per heavy atom. The normalized spacial score (nSPS) is 22.7. The van der Waals surface area contributed by atoms with E-state index in [1.165, 1.54) is 5.56 Å². The average molecular weight is 290 g/mol. The summed E-state index contributed by atoms with van der Waals surface area (Å²) in [6.45, 7) is 6.49. The van der Waals surface area contributed by atoms with Crippen LogP contribution in [-0.2, 0) is 5.41 Å². The SMILES string of the molecule is CC(C)(C)c1ccc(NC(=O)N[C@H]2CCC[C@H](O)C2)cc1. The van der Waals surface area contributed by atoms with E-state index in [2.05, 4.69) is 31.4 Å². The van der Waals surface area contributed by atoms with Gasteiger partial charge in [0.1, 0.15) is 0 Å². The fraction of sp³-hybridized carbons (Fsp3) is 0.588. The summed E-state index contributed by atoms with van der Waals surface area (Å²) >= 11 is 0. The number of nitrogens with one attached hydrogen (secondary N) is 2. The minimum atomic E-state index is -0.282. The van der Waals surface area contributed by atoms with Gasteiger partial charge in [0.15, 0.2) is 0 Å². The molecule has 0 unspecified atom stereocenters. The van der Waals surface area contributed by atoms with Crippen LogP contribution >= 0.6 is 0 Å². The van der Waals surface area contributed by atoms with Gasteiger partial charge in [-0.1, -0.05) is 32.9 Å². The lowest BCUT2D eigenvalue weighted by atomic mass is 9.87. The number of hydrogen-bond donors (Lipinski definition) is 3. The third-order valence-corrected chi connectivity index (χ3v) is 3.99. The molecule has 1 aromatic carbocycles. The van der Waals surface area contributed by atoms with Crippen molar-refractivity contribution in [2.45, 2.75) is 64.0 Å². The fourth-order valence-corrected chi connectivity index (χ4v) is 2.70. The van der Waals surface area contributed by atoms with E-state index in [0.29, 0.717) is 6.42 Å². The lowest BCUT2D eigenvalue weighted by molar-refractivity contribution is 0.114. The number of hydrogen-bond acceptors (Lipinski definition) is 2. The molecule has 4 heteroatoms. The molecule has 3 N–H and O–H groups in total. The van der Waals surface area contributed by atoms with Gasteiger partial charge in [0.2, 0.25) is 0 Å². The van der Waals surface area contributed by atoms with Gasteiger partial charge >= 0.3 is 6.03 Å². The first kappa shape index (κ1) is 15.8. The van der Waals surface area contributed by atoms with Gasteiger partial charge in [-0.05, 0) is 48.8 Å². The number of benzene rings is 1. The van der Waals surface area contributed by atoms with Crippen molar-refractivity contribution in [1.82, 2.24) is 5.32 Å². The third-order valence-electron chi connectivity index (χ3n) is 3.99. The Morgan fingerprint density at radius 2 is 1.86 bits per heavy atom. The van der Waals surface area contributed by atoms with Gasteiger partial charge < -0.3 is 15.7 Å². The predicted octanol–water partition coefficient (Wildman–Crippen LogP) is 3.41. The van der Waals surface area contributed by atoms with Gasteiger partial charge in [-0.15, -0.1) is 0 Å². The van der Waals surface area contributed by atoms with E-state index in [1.807, 2.05) is 24.3 Å². The van der Waals surface area contributed by atoms with Crippen LogP contribution in [0.5, 0.6) is 0 Å². The first-order valence-electron chi connectivity index (χ1n) is 7.71. The zero-order valence-corrected chi connectivity index (χ0v) is 13.1. The number of carbonyl (C=O) groups excluding carboxylic acids is 1. The van der Waals surface area contributed by atoms with Gasteiger partial charge in [0.25, 0.3) is 0 Å². The van der Waals surface area contributed by atoms with Crippen LogP contribution in [0.3, 0.4) is 0 Å². The molecule has 1 aliphatic carbocycles. The number of aliphatic hydroxyl groups is 1. The van der Waals surface area contributed by atoms with Crippen LogP contribution in [0.25, 0.3) is 0 Å². The molecule has 4 nitrogen and oxygen atoms in total. The Kier molecular flexibility index (Phi) is 4.88. The van der Waals surface area contributed by atoms with Crippen molar-refractivity contribution in [3.8, 4) is 0 Å². The predicted molar refractivity (Wildman–Crippen MR) is 85.6 cm³/mol. The smallest absolute Gasteiger partial charge is 0.319 e. The van der Waals surface area contributed by atoms with Gasteiger partial charge in [-0.25, -0.2) is 4.79 Å². The molecule has 0 heterocycles. The maximum atomic E-state index is 12.0. The second-order valence-electron chi connectivity index (χ2n) is 6.94. The Hall–Kier alpha value is -1.55. The third kappa shape index (κ3) is 4.74. The molecule has 1 aliphatic rings. The first-order chi connectivity index (χ1) is 9.84. The van der Waals surface area contributed by atoms with Gasteiger partial charge in [-0.3, -0.25) is 0 Å². The number of carbonyl (C=O) groups is 1. The minimum Gasteiger partial charge on any atom is -0.393 e. The topological polar surface area (TPSA) is 61.4 Å². The molecule has 21 heavy (non-hydrogen) atoms. The van der Waals surface area contributed by atoms with Crippen molar-refractivity contribution >= 4 is 11.7 Å². The van der Waals surface area contributed by atoms with Crippen LogP contribution in [0.15, 0.2) is 24.3 Å². The second-order valence-corrected chi connectivity index (χ2v) is 6.94. The lowest BCUT2D eigenvalue weighted by Crippen LogP contribution is -2.41. The number of urea groups is 1. The summed E-state index contributed by atoms with van der Waals surface area (Å²) in [5.41, 5.74) is 2.14. The summed E-state index contributed by atoms with van der Waals surface area (Å²) in [5.74, 6) is 0. The highest BCUT2D eigenvalue weighted by atomic mass is 16.3. The van der Waals surface area contributed by atoms with Crippen LogP contribution in [0, 0.1) is 0 Å². The fourth-order valence-electron chi connectivity index (χ4n) is 2.70. The monoisotopic (exact) mass is 290 g/mol. The molecular weight excluding hydrogens is 264 g/mol. The molecule has 0 bridgehead atoms. The Bertz CT molecular complexity index is 477. The average Bonchev–Trinajstić information content (AvgIpc) is 2.38. The molecule has 116 valence electrons. The van der Waals surface area contributed by atoms with E-state index in [-0.39, 0.29) is 23.6 Å². The molecule has 2 amide bonds. The molecular formula is C17H26N2O2. The van der Waals surface area contributed by atoms with Crippen molar-refractivity contribution < 1.29 is 9.90 Å². The molecule has 1 fully saturated rings. The van der Waals surface area contributed by atoms with E-state index < -0.39 is 0 Å². The highest BCUT2D eigenvalue weighted by Crippen LogP contribution is 2.23. The van der Waals surface area contributed by atoms with Gasteiger partial charge in [-0.2, -0.15) is 0 Å². The van der Waals surface area contributed by atoms with Crippen LogP contribution in [0.4, 0.5) is 10.5 Å². The zero-order chi connectivity index (χ0) is 15.5. The van der Waals surface area contributed by atoms with E-state index in [0.717, 1.165) is 24.9 Å².